The van der Waals surface area contributed by atoms with Crippen LogP contribution in [-0.2, 0) is 30.4 Å². The number of carbonyl (C=O) groups excluding carboxylic acids is 4. The van der Waals surface area contributed by atoms with Crippen molar-refractivity contribution in [1.82, 2.24) is 40.4 Å². The number of fused-ring (bicyclic) bond motifs is 4. The third-order valence-corrected chi connectivity index (χ3v) is 12.2. The van der Waals surface area contributed by atoms with Gasteiger partial charge in [0.05, 0.1) is 56.2 Å². The van der Waals surface area contributed by atoms with Gasteiger partial charge in [-0.15, -0.1) is 0 Å². The minimum absolute atomic E-state index is 0.102. The molecule has 2 fully saturated rings. The number of benzene rings is 2. The van der Waals surface area contributed by atoms with E-state index in [4.69, 9.17) is 24.2 Å². The van der Waals surface area contributed by atoms with Crippen LogP contribution in [0.25, 0.3) is 33.6 Å². The van der Waals surface area contributed by atoms with E-state index in [1.165, 1.54) is 14.2 Å². The van der Waals surface area contributed by atoms with Gasteiger partial charge in [0.2, 0.25) is 11.8 Å². The molecule has 2 bridgehead atoms. The number of hydrogen-bond acceptors (Lipinski definition) is 9. The monoisotopic (exact) mass is 836 g/mol. The fourth-order valence-electron chi connectivity index (χ4n) is 8.85. The van der Waals surface area contributed by atoms with Gasteiger partial charge in [-0.05, 0) is 61.1 Å². The van der Waals surface area contributed by atoms with Gasteiger partial charge in [0.25, 0.3) is 0 Å². The van der Waals surface area contributed by atoms with Crippen molar-refractivity contribution in [2.75, 3.05) is 33.9 Å². The number of methoxy groups -OCH3 is 2. The molecule has 3 aliphatic heterocycles. The molecule has 15 nitrogen and oxygen atoms in total. The van der Waals surface area contributed by atoms with Crippen molar-refractivity contribution in [3.05, 3.63) is 72.1 Å². The predicted octanol–water partition coefficient (Wildman–Crippen LogP) is 7.83. The number of nitrogens with zero attached hydrogens (tertiary/aromatic N) is 4. The Hall–Kier alpha value is -5.70. The molecule has 15 heteroatoms. The molecular weight excluding hydrogens is 777 g/mol. The van der Waals surface area contributed by atoms with Crippen molar-refractivity contribution in [2.45, 2.75) is 115 Å². The van der Waals surface area contributed by atoms with Crippen LogP contribution in [0.1, 0.15) is 114 Å². The zero-order valence-corrected chi connectivity index (χ0v) is 35.8. The van der Waals surface area contributed by atoms with Crippen LogP contribution in [0, 0.1) is 5.92 Å². The number of alkyl carbamates (subject to hydrolysis) is 2. The normalized spacial score (nSPS) is 20.8. The van der Waals surface area contributed by atoms with Crippen LogP contribution in [0.2, 0.25) is 0 Å². The Morgan fingerprint density at radius 2 is 1.39 bits per heavy atom. The van der Waals surface area contributed by atoms with Gasteiger partial charge >= 0.3 is 12.2 Å². The fourth-order valence-corrected chi connectivity index (χ4v) is 8.85. The lowest BCUT2D eigenvalue weighted by Crippen LogP contribution is -2.51. The minimum atomic E-state index is -0.693. The predicted molar refractivity (Wildman–Crippen MR) is 230 cm³/mol. The number of hydrogen-bond donors (Lipinski definition) is 4. The van der Waals surface area contributed by atoms with Gasteiger partial charge in [0.15, 0.2) is 0 Å². The first-order valence-corrected chi connectivity index (χ1v) is 21.9. The third-order valence-electron chi connectivity index (χ3n) is 12.2. The number of carbonyl (C=O) groups is 4. The minimum Gasteiger partial charge on any atom is -0.453 e. The molecule has 0 unspecified atom stereocenters. The Kier molecular flexibility index (Phi) is 14.4. The molecule has 2 aromatic carbocycles. The van der Waals surface area contributed by atoms with Crippen molar-refractivity contribution < 1.29 is 33.4 Å². The van der Waals surface area contributed by atoms with Crippen LogP contribution >= 0.6 is 0 Å². The summed E-state index contributed by atoms with van der Waals surface area (Å²) >= 11 is 0. The van der Waals surface area contributed by atoms with Crippen LogP contribution in [0.4, 0.5) is 9.59 Å². The summed E-state index contributed by atoms with van der Waals surface area (Å²) in [6.45, 7) is 6.04. The van der Waals surface area contributed by atoms with Crippen LogP contribution in [-0.4, -0.2) is 99.7 Å². The SMILES string of the molecule is COC(=O)N[C@H]1CCCCCCCCOCc2[nH]c(nc2-c2ccc(-c3ccc(-c4cnc([C@@H]5CCCN5C(=O)[C@@H](NC(=O)OC)C(C)C)[nH]4)cc3)cc2)[C@@H]2CCCN2C1=O. The maximum Gasteiger partial charge on any atom is 0.407 e. The summed E-state index contributed by atoms with van der Waals surface area (Å²) in [7, 11) is 2.61. The number of rotatable bonds is 8. The zero-order valence-electron chi connectivity index (χ0n) is 35.8. The third kappa shape index (κ3) is 10.3. The van der Waals surface area contributed by atoms with Gasteiger partial charge in [-0.25, -0.2) is 19.6 Å². The molecule has 7 rings (SSSR count). The van der Waals surface area contributed by atoms with Gasteiger partial charge in [-0.3, -0.25) is 9.59 Å². The van der Waals surface area contributed by atoms with E-state index in [9.17, 15) is 19.2 Å². The molecule has 0 radical (unpaired) electrons. The summed E-state index contributed by atoms with van der Waals surface area (Å²) in [6, 6.07) is 14.8. The second kappa shape index (κ2) is 20.2. The lowest BCUT2D eigenvalue weighted by Gasteiger charge is -2.30. The van der Waals surface area contributed by atoms with Crippen molar-refractivity contribution in [1.29, 1.82) is 0 Å². The Morgan fingerprint density at radius 1 is 0.754 bits per heavy atom. The smallest absolute Gasteiger partial charge is 0.407 e. The van der Waals surface area contributed by atoms with E-state index < -0.39 is 24.3 Å². The average Bonchev–Trinajstić information content (AvgIpc) is 4.12. The summed E-state index contributed by atoms with van der Waals surface area (Å²) in [4.78, 5) is 72.4. The van der Waals surface area contributed by atoms with E-state index in [0.717, 1.165) is 115 Å². The second-order valence-electron chi connectivity index (χ2n) is 16.7. The highest BCUT2D eigenvalue weighted by atomic mass is 16.5. The number of ether oxygens (including phenoxy) is 3. The molecule has 61 heavy (non-hydrogen) atoms. The Bertz CT molecular complexity index is 2110. The van der Waals surface area contributed by atoms with Gasteiger partial charge in [-0.1, -0.05) is 94.5 Å². The molecule has 2 saturated heterocycles. The van der Waals surface area contributed by atoms with Gasteiger partial charge in [0, 0.05) is 25.3 Å². The molecule has 3 aliphatic rings. The molecular formula is C46H60N8O7. The molecule has 4 amide bonds. The number of imidazole rings is 2. The van der Waals surface area contributed by atoms with Crippen LogP contribution in [0.15, 0.2) is 54.7 Å². The first-order valence-electron chi connectivity index (χ1n) is 21.9. The maximum atomic E-state index is 14.0. The number of likely N-dealkylation sites (tertiary alicyclic amines) is 1. The topological polar surface area (TPSA) is 184 Å². The first kappa shape index (κ1) is 43.4. The largest absolute Gasteiger partial charge is 0.453 e. The Morgan fingerprint density at radius 3 is 2.10 bits per heavy atom. The van der Waals surface area contributed by atoms with E-state index in [0.29, 0.717) is 32.7 Å². The van der Waals surface area contributed by atoms with Crippen LogP contribution in [0.5, 0.6) is 0 Å². The van der Waals surface area contributed by atoms with Crippen LogP contribution < -0.4 is 10.6 Å². The molecule has 0 saturated carbocycles. The highest BCUT2D eigenvalue weighted by Gasteiger charge is 2.38. The van der Waals surface area contributed by atoms with Crippen molar-refractivity contribution in [3.8, 4) is 33.6 Å². The van der Waals surface area contributed by atoms with E-state index >= 15 is 0 Å². The number of H-pyrrole nitrogens is 2. The molecule has 4 atom stereocenters. The maximum absolute atomic E-state index is 14.0. The van der Waals surface area contributed by atoms with Gasteiger partial charge < -0.3 is 44.6 Å². The highest BCUT2D eigenvalue weighted by Crippen LogP contribution is 2.36. The lowest BCUT2D eigenvalue weighted by atomic mass is 10.0. The lowest BCUT2D eigenvalue weighted by molar-refractivity contribution is -0.135. The second-order valence-corrected chi connectivity index (χ2v) is 16.7. The molecule has 4 aromatic rings. The summed E-state index contributed by atoms with van der Waals surface area (Å²) < 4.78 is 15.8. The molecule has 0 aliphatic carbocycles. The number of aromatic nitrogens is 4. The molecule has 0 spiro atoms. The number of nitrogens with one attached hydrogen (secondary N) is 4. The van der Waals surface area contributed by atoms with E-state index in [2.05, 4.69) is 69.1 Å². The standard InChI is InChI=1S/C46H60N8O7/c1-29(2)39(52-46(58)60-4)44(56)54-25-11-14-37(54)41-47-27-35(48-41)32-20-16-30(17-21-32)31-18-22-33(23-19-31)40-36-28-61-26-10-8-6-5-7-9-13-34(50-45(57)59-3)43(55)53-24-12-15-38(53)42(49-36)51-40/h16-23,27,29,34,37-39H,5-15,24-26,28H2,1-4H3,(H,47,48)(H,49,51)(H,50,57)(H,52,58)/t34-,37-,38-,39-/m0/s1. The summed E-state index contributed by atoms with van der Waals surface area (Å²) in [5.41, 5.74) is 6.56. The molecule has 4 N–H and O–H groups in total. The summed E-state index contributed by atoms with van der Waals surface area (Å²) in [5, 5.41) is 5.51. The molecule has 326 valence electrons. The van der Waals surface area contributed by atoms with Gasteiger partial charge in [-0.2, -0.15) is 0 Å². The van der Waals surface area contributed by atoms with E-state index in [1.807, 2.05) is 29.8 Å². The summed E-state index contributed by atoms with van der Waals surface area (Å²) in [5.74, 6) is 1.10. The molecule has 5 heterocycles. The molecule has 2 aromatic heterocycles. The number of aromatic amines is 2. The van der Waals surface area contributed by atoms with E-state index in [-0.39, 0.29) is 29.8 Å². The van der Waals surface area contributed by atoms with Crippen molar-refractivity contribution in [3.63, 3.8) is 0 Å². The highest BCUT2D eigenvalue weighted by molar-refractivity contribution is 5.87. The van der Waals surface area contributed by atoms with Crippen LogP contribution in [0.3, 0.4) is 0 Å². The Balaban J connectivity index is 1.07. The Labute approximate surface area is 357 Å². The zero-order chi connectivity index (χ0) is 42.9. The van der Waals surface area contributed by atoms with Crippen molar-refractivity contribution in [2.24, 2.45) is 5.92 Å². The quantitative estimate of drug-likeness (QED) is 0.137. The summed E-state index contributed by atoms with van der Waals surface area (Å²) in [6.07, 6.45) is 10.5. The fraction of sp³-hybridized carbons (Fsp3) is 0.522. The average molecular weight is 837 g/mol. The van der Waals surface area contributed by atoms with Crippen molar-refractivity contribution >= 4 is 24.0 Å². The van der Waals surface area contributed by atoms with E-state index in [1.54, 1.807) is 0 Å². The number of amides is 4. The first-order chi connectivity index (χ1) is 29.6. The van der Waals surface area contributed by atoms with Gasteiger partial charge in [0.1, 0.15) is 23.7 Å².